The summed E-state index contributed by atoms with van der Waals surface area (Å²) in [6.45, 7) is 2.59. The lowest BCUT2D eigenvalue weighted by molar-refractivity contribution is -0.119. The van der Waals surface area contributed by atoms with Gasteiger partial charge >= 0.3 is 0 Å². The molecule has 2 rings (SSSR count). The minimum atomic E-state index is -0.180. The van der Waals surface area contributed by atoms with Gasteiger partial charge in [-0.25, -0.2) is 0 Å². The molecular weight excluding hydrogens is 234 g/mol. The lowest BCUT2D eigenvalue weighted by Crippen LogP contribution is -2.37. The third-order valence-electron chi connectivity index (χ3n) is 2.94. The van der Waals surface area contributed by atoms with Gasteiger partial charge in [-0.05, 0) is 6.42 Å². The van der Waals surface area contributed by atoms with Crippen molar-refractivity contribution in [3.05, 3.63) is 11.9 Å². The van der Waals surface area contributed by atoms with Crippen molar-refractivity contribution in [1.29, 1.82) is 0 Å². The number of nitrogens with two attached hydrogens (primary N) is 1. The molecule has 1 aliphatic heterocycles. The van der Waals surface area contributed by atoms with Crippen LogP contribution < -0.4 is 11.1 Å². The van der Waals surface area contributed by atoms with Gasteiger partial charge in [0.1, 0.15) is 0 Å². The molecule has 3 N–H and O–H groups in total. The van der Waals surface area contributed by atoms with Crippen LogP contribution in [0.15, 0.2) is 6.20 Å². The van der Waals surface area contributed by atoms with E-state index in [1.54, 1.807) is 18.1 Å². The van der Waals surface area contributed by atoms with Crippen molar-refractivity contribution in [1.82, 2.24) is 20.0 Å². The van der Waals surface area contributed by atoms with Crippen LogP contribution in [0.1, 0.15) is 23.8 Å². The average Bonchev–Trinajstić information content (AvgIpc) is 2.84. The maximum absolute atomic E-state index is 12.2. The predicted octanol–water partition coefficient (Wildman–Crippen LogP) is -0.647. The summed E-state index contributed by atoms with van der Waals surface area (Å²) in [5.41, 5.74) is 6.38. The van der Waals surface area contributed by atoms with Gasteiger partial charge in [0.25, 0.3) is 5.91 Å². The van der Waals surface area contributed by atoms with Crippen LogP contribution in [0.4, 0.5) is 5.69 Å². The van der Waals surface area contributed by atoms with Crippen LogP contribution in [-0.2, 0) is 11.8 Å². The van der Waals surface area contributed by atoms with E-state index >= 15 is 0 Å². The fraction of sp³-hybridized carbons (Fsp3) is 0.545. The van der Waals surface area contributed by atoms with Gasteiger partial charge in [0.05, 0.1) is 5.69 Å². The number of rotatable bonds is 2. The van der Waals surface area contributed by atoms with Gasteiger partial charge in [-0.1, -0.05) is 0 Å². The minimum absolute atomic E-state index is 0.0244. The molecule has 0 radical (unpaired) electrons. The molecule has 1 aliphatic rings. The highest BCUT2D eigenvalue weighted by molar-refractivity contribution is 5.97. The van der Waals surface area contributed by atoms with Gasteiger partial charge in [0, 0.05) is 39.3 Å². The quantitative estimate of drug-likeness (QED) is 0.730. The summed E-state index contributed by atoms with van der Waals surface area (Å²) in [7, 11) is 1.72. The maximum atomic E-state index is 12.2. The van der Waals surface area contributed by atoms with Gasteiger partial charge in [-0.2, -0.15) is 5.10 Å². The molecule has 0 aromatic carbocycles. The van der Waals surface area contributed by atoms with Gasteiger partial charge < -0.3 is 16.0 Å². The molecular formula is C11H17N5O2. The number of aryl methyl sites for hydroxylation is 1. The molecule has 1 fully saturated rings. The summed E-state index contributed by atoms with van der Waals surface area (Å²) in [4.78, 5) is 24.8. The van der Waals surface area contributed by atoms with Crippen LogP contribution in [0.25, 0.3) is 0 Å². The Morgan fingerprint density at radius 3 is 2.83 bits per heavy atom. The largest absolute Gasteiger partial charge is 0.396 e. The van der Waals surface area contributed by atoms with Crippen LogP contribution in [0.2, 0.25) is 0 Å². The molecule has 0 spiro atoms. The number of nitrogen functional groups attached to an aromatic ring is 1. The number of likely N-dealkylation sites (tertiary alicyclic amines) is 1. The van der Waals surface area contributed by atoms with Crippen molar-refractivity contribution >= 4 is 17.5 Å². The van der Waals surface area contributed by atoms with Crippen LogP contribution in [0.3, 0.4) is 0 Å². The first-order valence-electron chi connectivity index (χ1n) is 5.83. The van der Waals surface area contributed by atoms with Crippen molar-refractivity contribution in [2.24, 2.45) is 7.05 Å². The SMILES string of the molecule is CC(=O)NC1CCN(C(=O)c2nn(C)cc2N)C1. The van der Waals surface area contributed by atoms with E-state index < -0.39 is 0 Å². The third-order valence-corrected chi connectivity index (χ3v) is 2.94. The zero-order valence-corrected chi connectivity index (χ0v) is 10.5. The third kappa shape index (κ3) is 2.44. The second-order valence-electron chi connectivity index (χ2n) is 4.54. The van der Waals surface area contributed by atoms with E-state index in [-0.39, 0.29) is 23.6 Å². The summed E-state index contributed by atoms with van der Waals surface area (Å²) < 4.78 is 1.52. The fourth-order valence-electron chi connectivity index (χ4n) is 2.17. The topological polar surface area (TPSA) is 93.2 Å². The Kier molecular flexibility index (Phi) is 3.22. The second-order valence-corrected chi connectivity index (χ2v) is 4.54. The number of aromatic nitrogens is 2. The fourth-order valence-corrected chi connectivity index (χ4v) is 2.17. The van der Waals surface area contributed by atoms with Gasteiger partial charge in [-0.15, -0.1) is 0 Å². The lowest BCUT2D eigenvalue weighted by Gasteiger charge is -2.15. The molecule has 7 heteroatoms. The normalized spacial score (nSPS) is 19.0. The molecule has 1 unspecified atom stereocenters. The number of nitrogens with one attached hydrogen (secondary N) is 1. The van der Waals surface area contributed by atoms with Crippen molar-refractivity contribution in [3.63, 3.8) is 0 Å². The Morgan fingerprint density at radius 2 is 2.28 bits per heavy atom. The highest BCUT2D eigenvalue weighted by Gasteiger charge is 2.29. The zero-order valence-electron chi connectivity index (χ0n) is 10.5. The molecule has 2 amide bonds. The first-order valence-corrected chi connectivity index (χ1v) is 5.83. The van der Waals surface area contributed by atoms with Crippen molar-refractivity contribution in [2.75, 3.05) is 18.8 Å². The number of hydrogen-bond donors (Lipinski definition) is 2. The maximum Gasteiger partial charge on any atom is 0.276 e. The molecule has 2 heterocycles. The van der Waals surface area contributed by atoms with E-state index in [2.05, 4.69) is 10.4 Å². The van der Waals surface area contributed by atoms with Crippen molar-refractivity contribution in [2.45, 2.75) is 19.4 Å². The monoisotopic (exact) mass is 251 g/mol. The molecule has 7 nitrogen and oxygen atoms in total. The molecule has 1 saturated heterocycles. The average molecular weight is 251 g/mol. The Morgan fingerprint density at radius 1 is 1.56 bits per heavy atom. The lowest BCUT2D eigenvalue weighted by atomic mass is 10.2. The summed E-state index contributed by atoms with van der Waals surface area (Å²) >= 11 is 0. The van der Waals surface area contributed by atoms with Gasteiger partial charge in [0.15, 0.2) is 5.69 Å². The minimum Gasteiger partial charge on any atom is -0.396 e. The number of carbonyl (C=O) groups excluding carboxylic acids is 2. The number of hydrogen-bond acceptors (Lipinski definition) is 4. The summed E-state index contributed by atoms with van der Waals surface area (Å²) in [6, 6.07) is 0.0244. The molecule has 1 aromatic heterocycles. The molecule has 0 bridgehead atoms. The van der Waals surface area contributed by atoms with Gasteiger partial charge in [0.2, 0.25) is 5.91 Å². The molecule has 0 aliphatic carbocycles. The van der Waals surface area contributed by atoms with Crippen LogP contribution in [-0.4, -0.2) is 45.6 Å². The summed E-state index contributed by atoms with van der Waals surface area (Å²) in [6.07, 6.45) is 2.37. The highest BCUT2D eigenvalue weighted by atomic mass is 16.2. The molecule has 0 saturated carbocycles. The summed E-state index contributed by atoms with van der Waals surface area (Å²) in [5.74, 6) is -0.257. The Hall–Kier alpha value is -2.05. The molecule has 1 aromatic rings. The zero-order chi connectivity index (χ0) is 13.3. The standard InChI is InChI=1S/C11H17N5O2/c1-7(17)13-8-3-4-16(5-8)11(18)10-9(12)6-15(2)14-10/h6,8H,3-5,12H2,1-2H3,(H,13,17). The number of carbonyl (C=O) groups is 2. The Labute approximate surface area is 105 Å². The second kappa shape index (κ2) is 4.67. The van der Waals surface area contributed by atoms with Crippen LogP contribution in [0.5, 0.6) is 0 Å². The van der Waals surface area contributed by atoms with E-state index in [1.165, 1.54) is 11.6 Å². The Bertz CT molecular complexity index is 482. The Balaban J connectivity index is 2.03. The predicted molar refractivity (Wildman–Crippen MR) is 65.7 cm³/mol. The highest BCUT2D eigenvalue weighted by Crippen LogP contribution is 2.16. The van der Waals surface area contributed by atoms with Gasteiger partial charge in [-0.3, -0.25) is 14.3 Å². The van der Waals surface area contributed by atoms with E-state index in [4.69, 9.17) is 5.73 Å². The molecule has 98 valence electrons. The molecule has 18 heavy (non-hydrogen) atoms. The van der Waals surface area contributed by atoms with Crippen LogP contribution in [0, 0.1) is 0 Å². The molecule has 1 atom stereocenters. The summed E-state index contributed by atoms with van der Waals surface area (Å²) in [5, 5.41) is 6.86. The van der Waals surface area contributed by atoms with E-state index in [9.17, 15) is 9.59 Å². The number of nitrogens with zero attached hydrogens (tertiary/aromatic N) is 3. The van der Waals surface area contributed by atoms with E-state index in [0.717, 1.165) is 6.42 Å². The van der Waals surface area contributed by atoms with E-state index in [1.807, 2.05) is 0 Å². The van der Waals surface area contributed by atoms with Crippen LogP contribution >= 0.6 is 0 Å². The number of anilines is 1. The van der Waals surface area contributed by atoms with E-state index in [0.29, 0.717) is 18.8 Å². The smallest absolute Gasteiger partial charge is 0.276 e. The first kappa shape index (κ1) is 12.4. The van der Waals surface area contributed by atoms with Crippen molar-refractivity contribution in [3.8, 4) is 0 Å². The first-order chi connectivity index (χ1) is 8.47. The number of amides is 2. The van der Waals surface area contributed by atoms with Crippen molar-refractivity contribution < 1.29 is 9.59 Å².